The molecule has 2 heterocycles. The number of fused-ring (bicyclic) bond motifs is 1. The van der Waals surface area contributed by atoms with Crippen LogP contribution < -0.4 is 15.0 Å². The van der Waals surface area contributed by atoms with E-state index in [1.807, 2.05) is 24.3 Å². The molecule has 4 rings (SSSR count). The summed E-state index contributed by atoms with van der Waals surface area (Å²) < 4.78 is 13.4. The van der Waals surface area contributed by atoms with Gasteiger partial charge in [0.1, 0.15) is 17.0 Å². The third kappa shape index (κ3) is 3.72. The lowest BCUT2D eigenvalue weighted by Gasteiger charge is -2.13. The first-order valence-electron chi connectivity index (χ1n) is 9.14. The second-order valence-corrected chi connectivity index (χ2v) is 6.63. The highest BCUT2D eigenvalue weighted by Gasteiger charge is 2.13. The molecule has 2 aromatic carbocycles. The van der Waals surface area contributed by atoms with E-state index in [-0.39, 0.29) is 12.1 Å². The van der Waals surface area contributed by atoms with Gasteiger partial charge in [-0.1, -0.05) is 12.1 Å². The Labute approximate surface area is 167 Å². The van der Waals surface area contributed by atoms with Crippen molar-refractivity contribution in [1.29, 1.82) is 0 Å². The Morgan fingerprint density at radius 3 is 2.21 bits per heavy atom. The molecule has 148 valence electrons. The van der Waals surface area contributed by atoms with Crippen LogP contribution in [0.4, 0.5) is 0 Å². The van der Waals surface area contributed by atoms with Crippen LogP contribution in [0.1, 0.15) is 11.7 Å². The van der Waals surface area contributed by atoms with E-state index in [9.17, 15) is 9.90 Å². The third-order valence-corrected chi connectivity index (χ3v) is 4.86. The minimum absolute atomic E-state index is 0.144. The fourth-order valence-electron chi connectivity index (χ4n) is 3.19. The molecule has 1 atom stereocenters. The number of methoxy groups -OCH3 is 2. The molecule has 0 aliphatic rings. The minimum Gasteiger partial charge on any atom is -0.497 e. The van der Waals surface area contributed by atoms with Gasteiger partial charge in [-0.15, -0.1) is 0 Å². The van der Waals surface area contributed by atoms with E-state index >= 15 is 0 Å². The van der Waals surface area contributed by atoms with E-state index in [0.717, 1.165) is 11.3 Å². The molecule has 0 aliphatic carbocycles. The number of hydrogen-bond acceptors (Lipinski definition) is 5. The quantitative estimate of drug-likeness (QED) is 0.547. The average Bonchev–Trinajstić information content (AvgIpc) is 3.21. The Bertz CT molecular complexity index is 1180. The number of rotatable bonds is 6. The standard InChI is InChI=1S/C22H21N3O4/c1-28-17-7-3-15(4-8-17)19-13-20-22(27)24(11-12-25(20)23-19)14-21(26)16-5-9-18(29-2)10-6-16/h3-13,21,26H,14H2,1-2H3/t21-/m0/s1. The molecule has 0 aliphatic heterocycles. The molecule has 0 saturated heterocycles. The van der Waals surface area contributed by atoms with Crippen LogP contribution in [0.15, 0.2) is 71.8 Å². The number of aliphatic hydroxyl groups is 1. The van der Waals surface area contributed by atoms with Crippen molar-refractivity contribution in [1.82, 2.24) is 14.2 Å². The maximum atomic E-state index is 12.9. The van der Waals surface area contributed by atoms with E-state index in [4.69, 9.17) is 9.47 Å². The maximum Gasteiger partial charge on any atom is 0.276 e. The Morgan fingerprint density at radius 1 is 0.966 bits per heavy atom. The molecule has 4 aromatic rings. The average molecular weight is 391 g/mol. The number of aromatic nitrogens is 3. The van der Waals surface area contributed by atoms with Crippen LogP contribution in [0, 0.1) is 0 Å². The highest BCUT2D eigenvalue weighted by molar-refractivity contribution is 5.66. The Kier molecular flexibility index (Phi) is 5.05. The Balaban J connectivity index is 1.62. The molecule has 0 fully saturated rings. The molecule has 7 heteroatoms. The summed E-state index contributed by atoms with van der Waals surface area (Å²) in [4.78, 5) is 12.9. The molecular formula is C22H21N3O4. The first kappa shape index (κ1) is 18.8. The van der Waals surface area contributed by atoms with E-state index in [1.165, 1.54) is 4.57 Å². The maximum absolute atomic E-state index is 12.9. The van der Waals surface area contributed by atoms with Crippen LogP contribution in [0.3, 0.4) is 0 Å². The van der Waals surface area contributed by atoms with Crippen molar-refractivity contribution in [3.8, 4) is 22.8 Å². The zero-order chi connectivity index (χ0) is 20.4. The van der Waals surface area contributed by atoms with Gasteiger partial charge in [0, 0.05) is 18.0 Å². The lowest BCUT2D eigenvalue weighted by Crippen LogP contribution is -2.24. The summed E-state index contributed by atoms with van der Waals surface area (Å²) >= 11 is 0. The predicted molar refractivity (Wildman–Crippen MR) is 109 cm³/mol. The smallest absolute Gasteiger partial charge is 0.276 e. The van der Waals surface area contributed by atoms with E-state index in [0.29, 0.717) is 22.5 Å². The van der Waals surface area contributed by atoms with Crippen LogP contribution >= 0.6 is 0 Å². The first-order valence-corrected chi connectivity index (χ1v) is 9.14. The molecule has 0 spiro atoms. The van der Waals surface area contributed by atoms with Crippen LogP contribution in [0.25, 0.3) is 16.8 Å². The van der Waals surface area contributed by atoms with Gasteiger partial charge >= 0.3 is 0 Å². The second-order valence-electron chi connectivity index (χ2n) is 6.63. The van der Waals surface area contributed by atoms with E-state index in [2.05, 4.69) is 5.10 Å². The summed E-state index contributed by atoms with van der Waals surface area (Å²) in [6, 6.07) is 16.4. The van der Waals surface area contributed by atoms with E-state index in [1.54, 1.807) is 61.5 Å². The number of hydrogen-bond donors (Lipinski definition) is 1. The molecule has 1 N–H and O–H groups in total. The van der Waals surface area contributed by atoms with Gasteiger partial charge in [0.2, 0.25) is 0 Å². The molecule has 7 nitrogen and oxygen atoms in total. The van der Waals surface area contributed by atoms with Crippen molar-refractivity contribution in [2.24, 2.45) is 0 Å². The van der Waals surface area contributed by atoms with Crippen molar-refractivity contribution >= 4 is 5.52 Å². The van der Waals surface area contributed by atoms with Crippen LogP contribution in [0.2, 0.25) is 0 Å². The van der Waals surface area contributed by atoms with Crippen molar-refractivity contribution in [3.05, 3.63) is 82.9 Å². The van der Waals surface area contributed by atoms with E-state index < -0.39 is 6.10 Å². The molecule has 0 amide bonds. The summed E-state index contributed by atoms with van der Waals surface area (Å²) in [5, 5.41) is 15.0. The summed E-state index contributed by atoms with van der Waals surface area (Å²) in [6.07, 6.45) is 2.53. The number of ether oxygens (including phenoxy) is 2. The second kappa shape index (κ2) is 7.81. The molecule has 0 saturated carbocycles. The minimum atomic E-state index is -0.815. The van der Waals surface area contributed by atoms with Crippen LogP contribution in [-0.2, 0) is 6.54 Å². The van der Waals surface area contributed by atoms with Gasteiger partial charge in [-0.05, 0) is 48.0 Å². The van der Waals surface area contributed by atoms with Crippen molar-refractivity contribution in [2.45, 2.75) is 12.6 Å². The highest BCUT2D eigenvalue weighted by Crippen LogP contribution is 2.22. The first-order chi connectivity index (χ1) is 14.1. The molecule has 29 heavy (non-hydrogen) atoms. The lowest BCUT2D eigenvalue weighted by molar-refractivity contribution is 0.155. The van der Waals surface area contributed by atoms with Crippen molar-refractivity contribution < 1.29 is 14.6 Å². The fourth-order valence-corrected chi connectivity index (χ4v) is 3.19. The van der Waals surface area contributed by atoms with Gasteiger partial charge in [-0.3, -0.25) is 4.79 Å². The van der Waals surface area contributed by atoms with Gasteiger partial charge < -0.3 is 19.1 Å². The summed E-state index contributed by atoms with van der Waals surface area (Å²) in [7, 11) is 3.20. The highest BCUT2D eigenvalue weighted by atomic mass is 16.5. The fraction of sp³-hybridized carbons (Fsp3) is 0.182. The van der Waals surface area contributed by atoms with Gasteiger partial charge in [0.05, 0.1) is 32.6 Å². The lowest BCUT2D eigenvalue weighted by atomic mass is 10.1. The predicted octanol–water partition coefficient (Wildman–Crippen LogP) is 2.91. The van der Waals surface area contributed by atoms with Crippen molar-refractivity contribution in [2.75, 3.05) is 14.2 Å². The third-order valence-electron chi connectivity index (χ3n) is 4.86. The van der Waals surface area contributed by atoms with Gasteiger partial charge in [0.25, 0.3) is 5.56 Å². The zero-order valence-corrected chi connectivity index (χ0v) is 16.1. The summed E-state index contributed by atoms with van der Waals surface area (Å²) in [5.74, 6) is 1.47. The topological polar surface area (TPSA) is 78.0 Å². The van der Waals surface area contributed by atoms with Gasteiger partial charge in [-0.25, -0.2) is 4.52 Å². The molecule has 2 aromatic heterocycles. The number of nitrogens with zero attached hydrogens (tertiary/aromatic N) is 3. The Hall–Kier alpha value is -3.58. The number of benzene rings is 2. The molecule has 0 unspecified atom stereocenters. The number of aliphatic hydroxyl groups excluding tert-OH is 1. The van der Waals surface area contributed by atoms with Crippen LogP contribution in [-0.4, -0.2) is 33.5 Å². The largest absolute Gasteiger partial charge is 0.497 e. The molecule has 0 radical (unpaired) electrons. The van der Waals surface area contributed by atoms with Crippen molar-refractivity contribution in [3.63, 3.8) is 0 Å². The van der Waals surface area contributed by atoms with Crippen LogP contribution in [0.5, 0.6) is 11.5 Å². The summed E-state index contributed by atoms with van der Waals surface area (Å²) in [6.45, 7) is 0.144. The molecule has 0 bridgehead atoms. The van der Waals surface area contributed by atoms with Gasteiger partial charge in [-0.2, -0.15) is 5.10 Å². The zero-order valence-electron chi connectivity index (χ0n) is 16.1. The SMILES string of the molecule is COc1ccc(-c2cc3c(=O)n(C[C@H](O)c4ccc(OC)cc4)ccn3n2)cc1. The molecular weight excluding hydrogens is 370 g/mol. The van der Waals surface area contributed by atoms with Gasteiger partial charge in [0.15, 0.2) is 0 Å². The monoisotopic (exact) mass is 391 g/mol. The summed E-state index contributed by atoms with van der Waals surface area (Å²) in [5.41, 5.74) is 2.52. The normalized spacial score (nSPS) is 12.1. The Morgan fingerprint density at radius 2 is 1.59 bits per heavy atom.